The predicted molar refractivity (Wildman–Crippen MR) is 100 cm³/mol. The third-order valence-corrected chi connectivity index (χ3v) is 4.49. The Morgan fingerprint density at radius 3 is 2.36 bits per heavy atom. The summed E-state index contributed by atoms with van der Waals surface area (Å²) in [5.41, 5.74) is 1.92. The summed E-state index contributed by atoms with van der Waals surface area (Å²) >= 11 is 0. The number of methoxy groups -OCH3 is 2. The molecule has 1 N–H and O–H groups in total. The number of anilines is 1. The first kappa shape index (κ1) is 19.7. The largest absolute Gasteiger partial charge is 0.493 e. The third kappa shape index (κ3) is 3.67. The van der Waals surface area contributed by atoms with Gasteiger partial charge in [0.05, 0.1) is 19.8 Å². The lowest BCUT2D eigenvalue weighted by molar-refractivity contribution is -0.0526. The van der Waals surface area contributed by atoms with E-state index in [0.717, 1.165) is 6.42 Å². The van der Waals surface area contributed by atoms with E-state index in [9.17, 15) is 13.6 Å². The highest BCUT2D eigenvalue weighted by Crippen LogP contribution is 2.43. The van der Waals surface area contributed by atoms with Gasteiger partial charge in [0.1, 0.15) is 6.17 Å². The van der Waals surface area contributed by atoms with Crippen molar-refractivity contribution in [3.8, 4) is 17.2 Å². The van der Waals surface area contributed by atoms with Crippen LogP contribution in [0.4, 0.5) is 14.5 Å². The van der Waals surface area contributed by atoms with Gasteiger partial charge in [-0.2, -0.15) is 8.78 Å². The number of alkyl halides is 2. The molecule has 0 radical (unpaired) electrons. The molecule has 28 heavy (non-hydrogen) atoms. The second-order valence-corrected chi connectivity index (χ2v) is 6.22. The number of benzene rings is 2. The van der Waals surface area contributed by atoms with Gasteiger partial charge in [-0.15, -0.1) is 0 Å². The van der Waals surface area contributed by atoms with Crippen LogP contribution in [0.25, 0.3) is 0 Å². The quantitative estimate of drug-likeness (QED) is 0.762. The van der Waals surface area contributed by atoms with Crippen molar-refractivity contribution >= 4 is 11.6 Å². The van der Waals surface area contributed by atoms with Crippen LogP contribution in [0, 0.1) is 0 Å². The zero-order valence-electron chi connectivity index (χ0n) is 15.9. The van der Waals surface area contributed by atoms with Crippen molar-refractivity contribution in [2.75, 3.05) is 26.1 Å². The van der Waals surface area contributed by atoms with Crippen LogP contribution < -0.4 is 19.5 Å². The first-order chi connectivity index (χ1) is 13.5. The van der Waals surface area contributed by atoms with Gasteiger partial charge in [-0.25, -0.2) is 0 Å². The normalized spacial score (nSPS) is 15.9. The molecular weight excluding hydrogens is 370 g/mol. The highest BCUT2D eigenvalue weighted by Gasteiger charge is 2.33. The lowest BCUT2D eigenvalue weighted by atomic mass is 10.0. The standard InChI is InChI=1S/C20H22F2N2O4/c1-4-9-24-18(23-14-8-6-5-7-13(14)19(24)25)12-10-15(26-2)17(28-20(21)22)16(11-12)27-3/h5-8,10-11,18,20,23H,4,9H2,1-3H3/t18-/m0/s1. The molecule has 1 aliphatic rings. The molecule has 1 atom stereocenters. The smallest absolute Gasteiger partial charge is 0.387 e. The third-order valence-electron chi connectivity index (χ3n) is 4.49. The molecule has 0 aromatic heterocycles. The van der Waals surface area contributed by atoms with Crippen molar-refractivity contribution in [3.63, 3.8) is 0 Å². The van der Waals surface area contributed by atoms with Crippen molar-refractivity contribution in [2.24, 2.45) is 0 Å². The molecular formula is C20H22F2N2O4. The highest BCUT2D eigenvalue weighted by molar-refractivity contribution is 6.01. The van der Waals surface area contributed by atoms with Crippen molar-refractivity contribution < 1.29 is 27.8 Å². The molecule has 0 spiro atoms. The molecule has 2 aromatic rings. The number of hydrogen-bond acceptors (Lipinski definition) is 5. The second-order valence-electron chi connectivity index (χ2n) is 6.22. The number of ether oxygens (including phenoxy) is 3. The first-order valence-electron chi connectivity index (χ1n) is 8.87. The number of rotatable bonds is 7. The number of nitrogens with zero attached hydrogens (tertiary/aromatic N) is 1. The maximum Gasteiger partial charge on any atom is 0.387 e. The van der Waals surface area contributed by atoms with Crippen LogP contribution in [0.2, 0.25) is 0 Å². The molecule has 6 nitrogen and oxygen atoms in total. The van der Waals surface area contributed by atoms with E-state index in [4.69, 9.17) is 9.47 Å². The summed E-state index contributed by atoms with van der Waals surface area (Å²) in [6.45, 7) is -0.525. The number of fused-ring (bicyclic) bond motifs is 1. The van der Waals surface area contributed by atoms with Crippen LogP contribution in [0.5, 0.6) is 17.2 Å². The number of amides is 1. The first-order valence-corrected chi connectivity index (χ1v) is 8.87. The van der Waals surface area contributed by atoms with E-state index in [0.29, 0.717) is 23.4 Å². The van der Waals surface area contributed by atoms with E-state index in [2.05, 4.69) is 10.1 Å². The summed E-state index contributed by atoms with van der Waals surface area (Å²) in [4.78, 5) is 14.7. The van der Waals surface area contributed by atoms with Crippen LogP contribution in [0.1, 0.15) is 35.4 Å². The minimum absolute atomic E-state index is 0.0965. The van der Waals surface area contributed by atoms with Gasteiger partial charge in [0.25, 0.3) is 5.91 Å². The molecule has 0 aliphatic carbocycles. The fourth-order valence-corrected chi connectivity index (χ4v) is 3.29. The van der Waals surface area contributed by atoms with E-state index in [1.807, 2.05) is 25.1 Å². The highest BCUT2D eigenvalue weighted by atomic mass is 19.3. The topological polar surface area (TPSA) is 60.0 Å². The molecule has 0 fully saturated rings. The predicted octanol–water partition coefficient (Wildman–Crippen LogP) is 4.28. The van der Waals surface area contributed by atoms with Crippen molar-refractivity contribution in [1.82, 2.24) is 4.90 Å². The van der Waals surface area contributed by atoms with Gasteiger partial charge < -0.3 is 24.4 Å². The maximum absolute atomic E-state index is 13.0. The number of carbonyl (C=O) groups excluding carboxylic acids is 1. The van der Waals surface area contributed by atoms with E-state index >= 15 is 0 Å². The summed E-state index contributed by atoms with van der Waals surface area (Å²) in [5.74, 6) is -0.0984. The molecule has 1 amide bonds. The fourth-order valence-electron chi connectivity index (χ4n) is 3.29. The summed E-state index contributed by atoms with van der Waals surface area (Å²) in [7, 11) is 2.71. The molecule has 150 valence electrons. The number of para-hydroxylation sites is 1. The lowest BCUT2D eigenvalue weighted by Crippen LogP contribution is -2.43. The average Bonchev–Trinajstić information content (AvgIpc) is 2.69. The Kier molecular flexibility index (Phi) is 5.87. The summed E-state index contributed by atoms with van der Waals surface area (Å²) in [5, 5.41) is 3.35. The van der Waals surface area contributed by atoms with Crippen LogP contribution in [-0.2, 0) is 0 Å². The van der Waals surface area contributed by atoms with Crippen LogP contribution in [0.3, 0.4) is 0 Å². The zero-order chi connectivity index (χ0) is 20.3. The molecule has 0 saturated heterocycles. The molecule has 2 aromatic carbocycles. The SMILES string of the molecule is CCCN1C(=O)c2ccccc2N[C@@H]1c1cc(OC)c(OC(F)F)c(OC)c1. The van der Waals surface area contributed by atoms with Gasteiger partial charge in [-0.1, -0.05) is 19.1 Å². The number of nitrogens with one attached hydrogen (secondary N) is 1. The summed E-state index contributed by atoms with van der Waals surface area (Å²) in [6, 6.07) is 10.4. The van der Waals surface area contributed by atoms with E-state index in [1.54, 1.807) is 23.1 Å². The van der Waals surface area contributed by atoms with Crippen molar-refractivity contribution in [1.29, 1.82) is 0 Å². The van der Waals surface area contributed by atoms with Crippen molar-refractivity contribution in [3.05, 3.63) is 47.5 Å². The molecule has 0 unspecified atom stereocenters. The van der Waals surface area contributed by atoms with Gasteiger partial charge in [0, 0.05) is 17.8 Å². The maximum atomic E-state index is 13.0. The molecule has 0 bridgehead atoms. The lowest BCUT2D eigenvalue weighted by Gasteiger charge is -2.38. The number of carbonyl (C=O) groups is 1. The Labute approximate surface area is 162 Å². The molecule has 8 heteroatoms. The van der Waals surface area contributed by atoms with Gasteiger partial charge in [-0.3, -0.25) is 4.79 Å². The van der Waals surface area contributed by atoms with Gasteiger partial charge in [0.15, 0.2) is 11.5 Å². The number of halogens is 2. The van der Waals surface area contributed by atoms with Crippen LogP contribution in [-0.4, -0.2) is 38.2 Å². The minimum atomic E-state index is -3.02. The van der Waals surface area contributed by atoms with E-state index in [1.165, 1.54) is 14.2 Å². The Hall–Kier alpha value is -3.03. The van der Waals surface area contributed by atoms with Crippen molar-refractivity contribution in [2.45, 2.75) is 26.1 Å². The molecule has 3 rings (SSSR count). The molecule has 0 saturated carbocycles. The zero-order valence-corrected chi connectivity index (χ0v) is 15.9. The Morgan fingerprint density at radius 2 is 1.79 bits per heavy atom. The van der Waals surface area contributed by atoms with Gasteiger partial charge >= 0.3 is 6.61 Å². The number of hydrogen-bond donors (Lipinski definition) is 1. The Balaban J connectivity index is 2.09. The van der Waals surface area contributed by atoms with E-state index in [-0.39, 0.29) is 23.2 Å². The van der Waals surface area contributed by atoms with Gasteiger partial charge in [-0.05, 0) is 30.7 Å². The monoisotopic (exact) mass is 392 g/mol. The average molecular weight is 392 g/mol. The summed E-state index contributed by atoms with van der Waals surface area (Å²) in [6.07, 6.45) is 0.248. The van der Waals surface area contributed by atoms with E-state index < -0.39 is 12.8 Å². The second kappa shape index (κ2) is 8.33. The minimum Gasteiger partial charge on any atom is -0.493 e. The fraction of sp³-hybridized carbons (Fsp3) is 0.350. The summed E-state index contributed by atoms with van der Waals surface area (Å²) < 4.78 is 40.6. The Morgan fingerprint density at radius 1 is 1.14 bits per heavy atom. The van der Waals surface area contributed by atoms with Crippen LogP contribution in [0.15, 0.2) is 36.4 Å². The molecule has 1 heterocycles. The molecule has 1 aliphatic heterocycles. The Bertz CT molecular complexity index is 835. The van der Waals surface area contributed by atoms with Crippen LogP contribution >= 0.6 is 0 Å². The van der Waals surface area contributed by atoms with Gasteiger partial charge in [0.2, 0.25) is 5.75 Å².